The lowest BCUT2D eigenvalue weighted by molar-refractivity contribution is -0.688. The molecule has 0 unspecified atom stereocenters. The molecule has 2 fully saturated rings. The minimum atomic E-state index is 0. The van der Waals surface area contributed by atoms with E-state index in [1.165, 1.54) is 87.2 Å². The van der Waals surface area contributed by atoms with E-state index >= 15 is 0 Å². The quantitative estimate of drug-likeness (QED) is 0.321. The van der Waals surface area contributed by atoms with Crippen LogP contribution in [0.3, 0.4) is 0 Å². The van der Waals surface area contributed by atoms with E-state index < -0.39 is 0 Å². The highest BCUT2D eigenvalue weighted by molar-refractivity contribution is 5.44. The lowest BCUT2D eigenvalue weighted by Gasteiger charge is -2.28. The zero-order valence-electron chi connectivity index (χ0n) is 20.0. The smallest absolute Gasteiger partial charge is 0.173 e. The Morgan fingerprint density at radius 2 is 0.794 bits per heavy atom. The van der Waals surface area contributed by atoms with Gasteiger partial charge in [0.2, 0.25) is 0 Å². The first-order chi connectivity index (χ1) is 15.8. The minimum absolute atomic E-state index is 0. The summed E-state index contributed by atoms with van der Waals surface area (Å²) in [5.74, 6) is 0. The van der Waals surface area contributed by atoms with Gasteiger partial charge in [0.25, 0.3) is 0 Å². The molecule has 182 valence electrons. The van der Waals surface area contributed by atoms with Crippen LogP contribution in [-0.2, 0) is 13.1 Å². The molecular formula is C28H36Br2N4. The summed E-state index contributed by atoms with van der Waals surface area (Å²) in [5.41, 5.74) is 5.41. The second-order valence-electron chi connectivity index (χ2n) is 9.37. The summed E-state index contributed by atoms with van der Waals surface area (Å²) in [4.78, 5) is 5.03. The first-order valence-corrected chi connectivity index (χ1v) is 12.4. The summed E-state index contributed by atoms with van der Waals surface area (Å²) in [6, 6.07) is 18.1. The lowest BCUT2D eigenvalue weighted by Crippen LogP contribution is -3.00. The molecule has 0 aliphatic carbocycles. The summed E-state index contributed by atoms with van der Waals surface area (Å²) in [5, 5.41) is 0. The van der Waals surface area contributed by atoms with Crippen LogP contribution in [0.4, 0.5) is 11.4 Å². The molecule has 0 atom stereocenters. The van der Waals surface area contributed by atoms with Gasteiger partial charge in [-0.1, -0.05) is 24.3 Å². The molecule has 0 amide bonds. The van der Waals surface area contributed by atoms with E-state index in [0.717, 1.165) is 13.1 Å². The molecule has 2 aliphatic rings. The summed E-state index contributed by atoms with van der Waals surface area (Å²) in [7, 11) is 0. The maximum Gasteiger partial charge on any atom is 0.173 e. The van der Waals surface area contributed by atoms with Crippen molar-refractivity contribution in [2.45, 2.75) is 51.6 Å². The maximum atomic E-state index is 2.51. The molecular weight excluding hydrogens is 552 g/mol. The van der Waals surface area contributed by atoms with Crippen molar-refractivity contribution in [1.82, 2.24) is 0 Å². The minimum Gasteiger partial charge on any atom is -1.00 e. The van der Waals surface area contributed by atoms with Crippen molar-refractivity contribution in [2.24, 2.45) is 0 Å². The van der Waals surface area contributed by atoms with Crippen LogP contribution in [0.15, 0.2) is 73.3 Å². The van der Waals surface area contributed by atoms with Gasteiger partial charge in [-0.25, -0.2) is 9.13 Å². The zero-order valence-corrected chi connectivity index (χ0v) is 23.1. The first kappa shape index (κ1) is 26.7. The predicted octanol–water partition coefficient (Wildman–Crippen LogP) is -1.65. The highest BCUT2D eigenvalue weighted by Gasteiger charge is 2.14. The van der Waals surface area contributed by atoms with E-state index in [9.17, 15) is 0 Å². The summed E-state index contributed by atoms with van der Waals surface area (Å²) < 4.78 is 4.55. The number of pyridine rings is 2. The fraction of sp³-hybridized carbons (Fsp3) is 0.429. The first-order valence-electron chi connectivity index (χ1n) is 12.4. The van der Waals surface area contributed by atoms with Crippen molar-refractivity contribution in [3.63, 3.8) is 0 Å². The second-order valence-corrected chi connectivity index (χ2v) is 9.37. The Morgan fingerprint density at radius 3 is 1.12 bits per heavy atom. The van der Waals surface area contributed by atoms with Crippen molar-refractivity contribution >= 4 is 11.4 Å². The Kier molecular flexibility index (Phi) is 10.4. The van der Waals surface area contributed by atoms with Gasteiger partial charge >= 0.3 is 0 Å². The topological polar surface area (TPSA) is 14.2 Å². The molecule has 2 aliphatic heterocycles. The monoisotopic (exact) mass is 586 g/mol. The second kappa shape index (κ2) is 13.2. The molecule has 6 heteroatoms. The SMILES string of the molecule is [Br-].[Br-].c1cc(C[n+]2ccc(N3CCCCC3)cc2)ccc1C[n+]1ccc(N2CCCCC2)cc1. The Labute approximate surface area is 225 Å². The van der Waals surface area contributed by atoms with Gasteiger partial charge in [0.15, 0.2) is 37.9 Å². The van der Waals surface area contributed by atoms with Crippen LogP contribution >= 0.6 is 0 Å². The third-order valence-corrected chi connectivity index (χ3v) is 6.94. The number of benzene rings is 1. The van der Waals surface area contributed by atoms with Crippen molar-refractivity contribution in [2.75, 3.05) is 36.0 Å². The van der Waals surface area contributed by atoms with Gasteiger partial charge in [0, 0.05) is 72.9 Å². The molecule has 1 aromatic carbocycles. The highest BCUT2D eigenvalue weighted by atomic mass is 79.9. The molecule has 2 saturated heterocycles. The number of rotatable bonds is 6. The molecule has 5 rings (SSSR count). The Balaban J connectivity index is 0.00000162. The number of hydrogen-bond acceptors (Lipinski definition) is 2. The predicted molar refractivity (Wildman–Crippen MR) is 130 cm³/mol. The van der Waals surface area contributed by atoms with Crippen molar-refractivity contribution in [3.8, 4) is 0 Å². The van der Waals surface area contributed by atoms with Gasteiger partial charge in [0.05, 0.1) is 0 Å². The number of hydrogen-bond donors (Lipinski definition) is 0. The average molecular weight is 588 g/mol. The van der Waals surface area contributed by atoms with E-state index in [4.69, 9.17) is 0 Å². The molecule has 0 spiro atoms. The third kappa shape index (κ3) is 7.05. The number of nitrogens with zero attached hydrogens (tertiary/aromatic N) is 4. The van der Waals surface area contributed by atoms with E-state index in [0.29, 0.717) is 0 Å². The van der Waals surface area contributed by atoms with E-state index in [-0.39, 0.29) is 34.0 Å². The molecule has 4 heterocycles. The number of anilines is 2. The van der Waals surface area contributed by atoms with E-state index in [2.05, 4.69) is 92.3 Å². The van der Waals surface area contributed by atoms with Crippen LogP contribution in [0.2, 0.25) is 0 Å². The van der Waals surface area contributed by atoms with Crippen LogP contribution in [0.25, 0.3) is 0 Å². The number of piperidine rings is 2. The standard InChI is InChI=1S/C28H36N4.2BrH/c1-3-15-31(16-4-1)27-11-19-29(20-12-27)23-25-7-9-26(10-8-25)24-30-21-13-28(14-22-30)32-17-5-2-6-18-32;;/h7-14,19-22H,1-6,15-18,23-24H2;2*1H/q+2;;/p-2. The molecule has 2 aromatic heterocycles. The Morgan fingerprint density at radius 1 is 0.471 bits per heavy atom. The van der Waals surface area contributed by atoms with Gasteiger partial charge in [-0.15, -0.1) is 0 Å². The van der Waals surface area contributed by atoms with Gasteiger partial charge in [0.1, 0.15) is 0 Å². The van der Waals surface area contributed by atoms with Crippen LogP contribution in [-0.4, -0.2) is 26.2 Å². The van der Waals surface area contributed by atoms with Crippen LogP contribution in [0.1, 0.15) is 49.7 Å². The summed E-state index contributed by atoms with van der Waals surface area (Å²) in [6.45, 7) is 6.63. The van der Waals surface area contributed by atoms with Gasteiger partial charge in [-0.2, -0.15) is 0 Å². The maximum absolute atomic E-state index is 2.51. The largest absolute Gasteiger partial charge is 1.00 e. The van der Waals surface area contributed by atoms with Gasteiger partial charge in [-0.05, 0) is 38.5 Å². The Bertz CT molecular complexity index is 896. The number of halogens is 2. The van der Waals surface area contributed by atoms with Crippen LogP contribution in [0.5, 0.6) is 0 Å². The van der Waals surface area contributed by atoms with Gasteiger partial charge in [-0.3, -0.25) is 0 Å². The molecule has 4 nitrogen and oxygen atoms in total. The van der Waals surface area contributed by atoms with Crippen LogP contribution in [0, 0.1) is 0 Å². The molecule has 3 aromatic rings. The average Bonchev–Trinajstić information content (AvgIpc) is 2.87. The molecule has 34 heavy (non-hydrogen) atoms. The van der Waals surface area contributed by atoms with Crippen LogP contribution < -0.4 is 52.9 Å². The fourth-order valence-electron chi connectivity index (χ4n) is 5.01. The summed E-state index contributed by atoms with van der Waals surface area (Å²) in [6.07, 6.45) is 16.9. The Hall–Kier alpha value is -1.92. The third-order valence-electron chi connectivity index (χ3n) is 6.94. The van der Waals surface area contributed by atoms with Crippen molar-refractivity contribution in [3.05, 3.63) is 84.4 Å². The van der Waals surface area contributed by atoms with E-state index in [1.807, 2.05) is 0 Å². The molecule has 0 N–H and O–H groups in total. The zero-order chi connectivity index (χ0) is 21.6. The fourth-order valence-corrected chi connectivity index (χ4v) is 5.01. The molecule has 0 radical (unpaired) electrons. The molecule has 0 saturated carbocycles. The normalized spacial score (nSPS) is 15.9. The summed E-state index contributed by atoms with van der Waals surface area (Å²) >= 11 is 0. The van der Waals surface area contributed by atoms with E-state index in [1.54, 1.807) is 0 Å². The van der Waals surface area contributed by atoms with Crippen molar-refractivity contribution in [1.29, 1.82) is 0 Å². The highest BCUT2D eigenvalue weighted by Crippen LogP contribution is 2.19. The van der Waals surface area contributed by atoms with Gasteiger partial charge < -0.3 is 43.8 Å². The van der Waals surface area contributed by atoms with Crippen molar-refractivity contribution < 1.29 is 43.1 Å². The lowest BCUT2D eigenvalue weighted by atomic mass is 10.1. The molecule has 0 bridgehead atoms. The number of aromatic nitrogens is 2.